The maximum atomic E-state index is 13.0. The fraction of sp³-hybridized carbons (Fsp3) is 0.975. The summed E-state index contributed by atoms with van der Waals surface area (Å²) in [6.45, 7) is 1.29. The van der Waals surface area contributed by atoms with E-state index in [-0.39, 0.29) is 18.9 Å². The Morgan fingerprint density at radius 2 is 1.25 bits per heavy atom. The van der Waals surface area contributed by atoms with Gasteiger partial charge in [-0.25, -0.2) is 8.42 Å². The van der Waals surface area contributed by atoms with Gasteiger partial charge in [-0.2, -0.15) is 0 Å². The van der Waals surface area contributed by atoms with Crippen LogP contribution in [-0.4, -0.2) is 119 Å². The highest BCUT2D eigenvalue weighted by atomic mass is 32.2. The van der Waals surface area contributed by atoms with Gasteiger partial charge in [0.1, 0.15) is 40.4 Å². The largest absolute Gasteiger partial charge is 0.394 e. The molecule has 7 N–H and O–H groups in total. The quantitative estimate of drug-likeness (QED) is 0.0476. The van der Waals surface area contributed by atoms with Gasteiger partial charge in [0.2, 0.25) is 5.91 Å². The molecule has 0 spiro atoms. The van der Waals surface area contributed by atoms with E-state index in [1.54, 1.807) is 0 Å². The smallest absolute Gasteiger partial charge is 0.220 e. The summed E-state index contributed by atoms with van der Waals surface area (Å²) in [7, 11) is -2.80. The molecule has 314 valence electrons. The zero-order chi connectivity index (χ0) is 38.9. The number of sulfone groups is 1. The molecule has 2 fully saturated rings. The molecule has 5 unspecified atom stereocenters. The first-order chi connectivity index (χ1) is 25.5. The minimum absolute atomic E-state index is 0.245. The molecule has 8 atom stereocenters. The first-order valence-corrected chi connectivity index (χ1v) is 23.1. The molecule has 0 aromatic rings. The van der Waals surface area contributed by atoms with Gasteiger partial charge in [-0.1, -0.05) is 135 Å². The average molecular weight is 780 g/mol. The Bertz CT molecular complexity index is 1020. The third kappa shape index (κ3) is 20.7. The molecule has 2 aliphatic heterocycles. The van der Waals surface area contributed by atoms with Gasteiger partial charge in [0.15, 0.2) is 6.29 Å². The van der Waals surface area contributed by atoms with E-state index in [0.29, 0.717) is 30.3 Å². The standard InChI is InChI=1S/C40H77NO11S/c1-2-3-4-5-6-7-8-9-10-14-17-20-23-33(43)36(45)32(30-51-40-39(48)38(47)37(46)34(29-42)52-40)41-35(44)24-21-18-15-12-11-13-16-19-22-31-25-27-53(49,50)28-26-31/h31-34,36-40,42-43,45-48H,2-30H2,1H3,(H,41,44)/t32-,33+,34?,36-,37?,38?,39?,40?/m0/s1. The third-order valence-corrected chi connectivity index (χ3v) is 13.0. The van der Waals surface area contributed by atoms with Crippen LogP contribution < -0.4 is 5.32 Å². The van der Waals surface area contributed by atoms with Crippen molar-refractivity contribution >= 4 is 15.7 Å². The van der Waals surface area contributed by atoms with Crippen LogP contribution in [0, 0.1) is 5.92 Å². The Morgan fingerprint density at radius 1 is 0.736 bits per heavy atom. The summed E-state index contributed by atoms with van der Waals surface area (Å²) >= 11 is 0. The maximum Gasteiger partial charge on any atom is 0.220 e. The molecule has 0 aromatic carbocycles. The lowest BCUT2D eigenvalue weighted by Gasteiger charge is -2.40. The molecule has 2 heterocycles. The average Bonchev–Trinajstić information content (AvgIpc) is 3.14. The highest BCUT2D eigenvalue weighted by molar-refractivity contribution is 7.91. The number of carbonyl (C=O) groups is 1. The molecule has 1 amide bonds. The second-order valence-electron chi connectivity index (χ2n) is 15.9. The highest BCUT2D eigenvalue weighted by Gasteiger charge is 2.44. The number of aliphatic hydroxyl groups excluding tert-OH is 6. The lowest BCUT2D eigenvalue weighted by Crippen LogP contribution is -2.60. The Labute approximate surface area is 320 Å². The Hall–Kier alpha value is -0.900. The molecule has 0 aromatic heterocycles. The monoisotopic (exact) mass is 780 g/mol. The molecule has 0 radical (unpaired) electrons. The second kappa shape index (κ2) is 28.5. The Morgan fingerprint density at radius 3 is 1.79 bits per heavy atom. The molecular formula is C40H77NO11S. The van der Waals surface area contributed by atoms with Crippen LogP contribution in [0.5, 0.6) is 0 Å². The van der Waals surface area contributed by atoms with Crippen LogP contribution in [0.15, 0.2) is 0 Å². The number of carbonyl (C=O) groups excluding carboxylic acids is 1. The number of unbranched alkanes of at least 4 members (excludes halogenated alkanes) is 18. The van der Waals surface area contributed by atoms with Gasteiger partial charge in [-0.3, -0.25) is 4.79 Å². The van der Waals surface area contributed by atoms with Crippen molar-refractivity contribution in [1.29, 1.82) is 0 Å². The minimum atomic E-state index is -2.80. The van der Waals surface area contributed by atoms with Gasteiger partial charge in [-0.05, 0) is 31.6 Å². The van der Waals surface area contributed by atoms with Crippen LogP contribution in [0.2, 0.25) is 0 Å². The van der Waals surface area contributed by atoms with Crippen molar-refractivity contribution < 1.29 is 53.3 Å². The van der Waals surface area contributed by atoms with Crippen LogP contribution in [0.4, 0.5) is 0 Å². The van der Waals surface area contributed by atoms with E-state index in [2.05, 4.69) is 12.2 Å². The van der Waals surface area contributed by atoms with Crippen LogP contribution in [0.25, 0.3) is 0 Å². The number of nitrogens with one attached hydrogen (secondary N) is 1. The summed E-state index contributed by atoms with van der Waals surface area (Å²) in [4.78, 5) is 13.0. The number of hydrogen-bond donors (Lipinski definition) is 7. The van der Waals surface area contributed by atoms with E-state index in [1.165, 1.54) is 51.4 Å². The van der Waals surface area contributed by atoms with E-state index < -0.39 is 65.4 Å². The lowest BCUT2D eigenvalue weighted by molar-refractivity contribution is -0.303. The number of amides is 1. The highest BCUT2D eigenvalue weighted by Crippen LogP contribution is 2.25. The van der Waals surface area contributed by atoms with Crippen LogP contribution in [-0.2, 0) is 24.1 Å². The first kappa shape index (κ1) is 48.2. The van der Waals surface area contributed by atoms with Crippen molar-refractivity contribution in [3.8, 4) is 0 Å². The Balaban J connectivity index is 1.70. The Kier molecular flexibility index (Phi) is 25.9. The van der Waals surface area contributed by atoms with Crippen LogP contribution in [0.3, 0.4) is 0 Å². The molecule has 53 heavy (non-hydrogen) atoms. The molecule has 2 rings (SSSR count). The summed E-state index contributed by atoms with van der Waals surface area (Å²) < 4.78 is 34.3. The normalized spacial score (nSPS) is 25.2. The van der Waals surface area contributed by atoms with E-state index in [0.717, 1.165) is 89.9 Å². The van der Waals surface area contributed by atoms with Crippen molar-refractivity contribution in [3.05, 3.63) is 0 Å². The van der Waals surface area contributed by atoms with Crippen molar-refractivity contribution in [1.82, 2.24) is 5.32 Å². The molecular weight excluding hydrogens is 703 g/mol. The summed E-state index contributed by atoms with van der Waals surface area (Å²) in [5.41, 5.74) is 0. The van der Waals surface area contributed by atoms with Crippen LogP contribution >= 0.6 is 0 Å². The van der Waals surface area contributed by atoms with Gasteiger partial charge in [0, 0.05) is 6.42 Å². The van der Waals surface area contributed by atoms with E-state index in [1.807, 2.05) is 0 Å². The summed E-state index contributed by atoms with van der Waals surface area (Å²) in [5.74, 6) is 0.939. The molecule has 12 nitrogen and oxygen atoms in total. The van der Waals surface area contributed by atoms with Crippen molar-refractivity contribution in [2.24, 2.45) is 5.92 Å². The summed E-state index contributed by atoms with van der Waals surface area (Å²) in [6, 6.07) is -1.01. The summed E-state index contributed by atoms with van der Waals surface area (Å²) in [5, 5.41) is 64.9. The third-order valence-electron chi connectivity index (χ3n) is 11.2. The van der Waals surface area contributed by atoms with Crippen molar-refractivity contribution in [2.45, 2.75) is 216 Å². The second-order valence-corrected chi connectivity index (χ2v) is 18.2. The molecule has 0 bridgehead atoms. The maximum absolute atomic E-state index is 13.0. The molecule has 2 aliphatic rings. The first-order valence-electron chi connectivity index (χ1n) is 21.3. The van der Waals surface area contributed by atoms with E-state index in [4.69, 9.17) is 9.47 Å². The molecule has 13 heteroatoms. The SMILES string of the molecule is CCCCCCCCCCCCCC[C@@H](O)[C@@H](O)[C@H](COC1OC(CO)C(O)C(O)C1O)NC(=O)CCCCCCCCCCC1CCS(=O)(=O)CC1. The van der Waals surface area contributed by atoms with Gasteiger partial charge < -0.3 is 45.4 Å². The van der Waals surface area contributed by atoms with Crippen molar-refractivity contribution in [2.75, 3.05) is 24.7 Å². The van der Waals surface area contributed by atoms with E-state index in [9.17, 15) is 43.9 Å². The number of rotatable bonds is 31. The predicted octanol–water partition coefficient (Wildman–Crippen LogP) is 4.83. The topological polar surface area (TPSA) is 203 Å². The van der Waals surface area contributed by atoms with Gasteiger partial charge in [-0.15, -0.1) is 0 Å². The minimum Gasteiger partial charge on any atom is -0.394 e. The number of aliphatic hydroxyl groups is 6. The van der Waals surface area contributed by atoms with Gasteiger partial charge in [0.25, 0.3) is 0 Å². The lowest BCUT2D eigenvalue weighted by atomic mass is 9.95. The fourth-order valence-electron chi connectivity index (χ4n) is 7.55. The summed E-state index contributed by atoms with van der Waals surface area (Å²) in [6.07, 6.45) is 16.0. The zero-order valence-corrected chi connectivity index (χ0v) is 33.7. The van der Waals surface area contributed by atoms with Gasteiger partial charge in [0.05, 0.1) is 36.9 Å². The number of hydrogen-bond acceptors (Lipinski definition) is 11. The molecule has 0 aliphatic carbocycles. The predicted molar refractivity (Wildman–Crippen MR) is 207 cm³/mol. The van der Waals surface area contributed by atoms with Gasteiger partial charge >= 0.3 is 0 Å². The van der Waals surface area contributed by atoms with Crippen LogP contribution in [0.1, 0.15) is 167 Å². The number of ether oxygens (including phenoxy) is 2. The van der Waals surface area contributed by atoms with Crippen molar-refractivity contribution in [3.63, 3.8) is 0 Å². The zero-order valence-electron chi connectivity index (χ0n) is 32.8. The van der Waals surface area contributed by atoms with E-state index >= 15 is 0 Å². The fourth-order valence-corrected chi connectivity index (χ4v) is 9.14. The molecule has 2 saturated heterocycles. The molecule has 0 saturated carbocycles.